The molecule has 0 unspecified atom stereocenters. The molecule has 2 rings (SSSR count). The van der Waals surface area contributed by atoms with E-state index < -0.39 is 0 Å². The Morgan fingerprint density at radius 1 is 1.35 bits per heavy atom. The summed E-state index contributed by atoms with van der Waals surface area (Å²) in [5, 5.41) is 13.3. The SMILES string of the molecule is C=CCc1ccc(-c2cc(CO)nn2C)cc1. The fourth-order valence-corrected chi connectivity index (χ4v) is 1.85. The van der Waals surface area contributed by atoms with Crippen molar-refractivity contribution in [3.05, 3.63) is 54.2 Å². The lowest BCUT2D eigenvalue weighted by Gasteiger charge is -2.03. The van der Waals surface area contributed by atoms with Crippen LogP contribution in [0.4, 0.5) is 0 Å². The summed E-state index contributed by atoms with van der Waals surface area (Å²) in [6.45, 7) is 3.70. The summed E-state index contributed by atoms with van der Waals surface area (Å²) in [4.78, 5) is 0. The Labute approximate surface area is 101 Å². The van der Waals surface area contributed by atoms with E-state index in [1.165, 1.54) is 5.56 Å². The van der Waals surface area contributed by atoms with E-state index in [1.807, 2.05) is 19.2 Å². The van der Waals surface area contributed by atoms with E-state index >= 15 is 0 Å². The molecular formula is C14H16N2O. The van der Waals surface area contributed by atoms with Crippen molar-refractivity contribution in [3.63, 3.8) is 0 Å². The van der Waals surface area contributed by atoms with Crippen LogP contribution in [0, 0.1) is 0 Å². The van der Waals surface area contributed by atoms with Crippen molar-refractivity contribution in [3.8, 4) is 11.3 Å². The number of nitrogens with zero attached hydrogens (tertiary/aromatic N) is 2. The number of benzene rings is 1. The minimum atomic E-state index is -0.0254. The molecule has 0 aliphatic heterocycles. The third-order valence-electron chi connectivity index (χ3n) is 2.72. The van der Waals surface area contributed by atoms with Gasteiger partial charge in [0.05, 0.1) is 18.0 Å². The molecule has 0 aliphatic rings. The molecule has 0 fully saturated rings. The molecule has 3 heteroatoms. The van der Waals surface area contributed by atoms with E-state index in [0.717, 1.165) is 17.7 Å². The summed E-state index contributed by atoms with van der Waals surface area (Å²) >= 11 is 0. The van der Waals surface area contributed by atoms with E-state index in [-0.39, 0.29) is 6.61 Å². The first-order chi connectivity index (χ1) is 8.24. The normalized spacial score (nSPS) is 10.5. The minimum Gasteiger partial charge on any atom is -0.390 e. The van der Waals surface area contributed by atoms with Crippen molar-refractivity contribution < 1.29 is 5.11 Å². The summed E-state index contributed by atoms with van der Waals surface area (Å²) in [5.74, 6) is 0. The van der Waals surface area contributed by atoms with Gasteiger partial charge in [0.2, 0.25) is 0 Å². The van der Waals surface area contributed by atoms with E-state index in [4.69, 9.17) is 5.11 Å². The molecule has 0 bridgehead atoms. The van der Waals surface area contributed by atoms with Crippen molar-refractivity contribution in [1.29, 1.82) is 0 Å². The first-order valence-corrected chi connectivity index (χ1v) is 5.58. The van der Waals surface area contributed by atoms with Crippen LogP contribution < -0.4 is 0 Å². The molecule has 0 aliphatic carbocycles. The van der Waals surface area contributed by atoms with E-state index in [1.54, 1.807) is 4.68 Å². The minimum absolute atomic E-state index is 0.0254. The van der Waals surface area contributed by atoms with Crippen LogP contribution in [0.15, 0.2) is 43.0 Å². The van der Waals surface area contributed by atoms with Crippen LogP contribution in [0.2, 0.25) is 0 Å². The molecular weight excluding hydrogens is 212 g/mol. The number of aliphatic hydroxyl groups excluding tert-OH is 1. The standard InChI is InChI=1S/C14H16N2O/c1-3-4-11-5-7-12(8-6-11)14-9-13(10-17)15-16(14)2/h3,5-9,17H,1,4,10H2,2H3. The summed E-state index contributed by atoms with van der Waals surface area (Å²) in [6.07, 6.45) is 2.77. The molecule has 1 aromatic heterocycles. The molecule has 1 N–H and O–H groups in total. The monoisotopic (exact) mass is 228 g/mol. The molecule has 0 spiro atoms. The van der Waals surface area contributed by atoms with E-state index in [2.05, 4.69) is 35.9 Å². The predicted molar refractivity (Wildman–Crippen MR) is 68.5 cm³/mol. The first kappa shape index (κ1) is 11.6. The second-order valence-corrected chi connectivity index (χ2v) is 3.99. The third-order valence-corrected chi connectivity index (χ3v) is 2.72. The van der Waals surface area contributed by atoms with Gasteiger partial charge in [-0.1, -0.05) is 30.3 Å². The molecule has 0 saturated carbocycles. The lowest BCUT2D eigenvalue weighted by Crippen LogP contribution is -1.94. The number of hydrogen-bond acceptors (Lipinski definition) is 2. The highest BCUT2D eigenvalue weighted by Gasteiger charge is 2.06. The Morgan fingerprint density at radius 3 is 2.59 bits per heavy atom. The van der Waals surface area contributed by atoms with Gasteiger partial charge in [-0.05, 0) is 23.6 Å². The smallest absolute Gasteiger partial charge is 0.0885 e. The van der Waals surface area contributed by atoms with Crippen molar-refractivity contribution in [2.45, 2.75) is 13.0 Å². The Hall–Kier alpha value is -1.87. The molecule has 0 saturated heterocycles. The number of aryl methyl sites for hydroxylation is 1. The third kappa shape index (κ3) is 2.45. The van der Waals surface area contributed by atoms with Gasteiger partial charge in [0, 0.05) is 7.05 Å². The predicted octanol–water partition coefficient (Wildman–Crippen LogP) is 2.31. The molecule has 88 valence electrons. The topological polar surface area (TPSA) is 38.1 Å². The number of rotatable bonds is 4. The second-order valence-electron chi connectivity index (χ2n) is 3.99. The fraction of sp³-hybridized carbons (Fsp3) is 0.214. The fourth-order valence-electron chi connectivity index (χ4n) is 1.85. The van der Waals surface area contributed by atoms with Crippen molar-refractivity contribution in [1.82, 2.24) is 9.78 Å². The maximum absolute atomic E-state index is 9.05. The first-order valence-electron chi connectivity index (χ1n) is 5.58. The van der Waals surface area contributed by atoms with Gasteiger partial charge in [0.1, 0.15) is 0 Å². The van der Waals surface area contributed by atoms with Gasteiger partial charge in [-0.25, -0.2) is 0 Å². The molecule has 1 heterocycles. The van der Waals surface area contributed by atoms with Crippen LogP contribution in [0.5, 0.6) is 0 Å². The van der Waals surface area contributed by atoms with Crippen LogP contribution in [0.25, 0.3) is 11.3 Å². The zero-order valence-electron chi connectivity index (χ0n) is 9.93. The van der Waals surface area contributed by atoms with Gasteiger partial charge < -0.3 is 5.11 Å². The highest BCUT2D eigenvalue weighted by Crippen LogP contribution is 2.20. The molecule has 0 amide bonds. The zero-order chi connectivity index (χ0) is 12.3. The van der Waals surface area contributed by atoms with Crippen LogP contribution >= 0.6 is 0 Å². The Kier molecular flexibility index (Phi) is 3.40. The Balaban J connectivity index is 2.32. The zero-order valence-corrected chi connectivity index (χ0v) is 9.93. The van der Waals surface area contributed by atoms with Gasteiger partial charge in [0.15, 0.2) is 0 Å². The van der Waals surface area contributed by atoms with Crippen LogP contribution in [0.3, 0.4) is 0 Å². The molecule has 3 nitrogen and oxygen atoms in total. The average Bonchev–Trinajstić information content (AvgIpc) is 2.72. The highest BCUT2D eigenvalue weighted by atomic mass is 16.3. The lowest BCUT2D eigenvalue weighted by atomic mass is 10.1. The van der Waals surface area contributed by atoms with Crippen molar-refractivity contribution in [2.75, 3.05) is 0 Å². The maximum Gasteiger partial charge on any atom is 0.0885 e. The van der Waals surface area contributed by atoms with Gasteiger partial charge >= 0.3 is 0 Å². The number of allylic oxidation sites excluding steroid dienone is 1. The van der Waals surface area contributed by atoms with Gasteiger partial charge in [0.25, 0.3) is 0 Å². The largest absolute Gasteiger partial charge is 0.390 e. The summed E-state index contributed by atoms with van der Waals surface area (Å²) in [7, 11) is 1.88. The molecule has 0 radical (unpaired) electrons. The van der Waals surface area contributed by atoms with E-state index in [9.17, 15) is 0 Å². The molecule has 17 heavy (non-hydrogen) atoms. The van der Waals surface area contributed by atoms with Gasteiger partial charge in [-0.2, -0.15) is 5.10 Å². The Morgan fingerprint density at radius 2 is 2.06 bits per heavy atom. The molecule has 2 aromatic rings. The second kappa shape index (κ2) is 4.97. The molecule has 1 aromatic carbocycles. The lowest BCUT2D eigenvalue weighted by molar-refractivity contribution is 0.275. The number of aromatic nitrogens is 2. The number of aliphatic hydroxyl groups is 1. The summed E-state index contributed by atoms with van der Waals surface area (Å²) in [5.41, 5.74) is 4.05. The van der Waals surface area contributed by atoms with Crippen LogP contribution in [-0.4, -0.2) is 14.9 Å². The van der Waals surface area contributed by atoms with Gasteiger partial charge in [-0.15, -0.1) is 6.58 Å². The molecule has 0 atom stereocenters. The van der Waals surface area contributed by atoms with Crippen LogP contribution in [-0.2, 0) is 20.1 Å². The summed E-state index contributed by atoms with van der Waals surface area (Å²) in [6, 6.07) is 10.2. The highest BCUT2D eigenvalue weighted by molar-refractivity contribution is 5.60. The van der Waals surface area contributed by atoms with Crippen LogP contribution in [0.1, 0.15) is 11.3 Å². The Bertz CT molecular complexity index is 512. The quantitative estimate of drug-likeness (QED) is 0.815. The van der Waals surface area contributed by atoms with E-state index in [0.29, 0.717) is 5.69 Å². The van der Waals surface area contributed by atoms with Gasteiger partial charge in [-0.3, -0.25) is 4.68 Å². The average molecular weight is 228 g/mol. The number of hydrogen-bond donors (Lipinski definition) is 1. The maximum atomic E-state index is 9.05. The summed E-state index contributed by atoms with van der Waals surface area (Å²) < 4.78 is 1.79. The van der Waals surface area contributed by atoms with Crippen molar-refractivity contribution in [2.24, 2.45) is 7.05 Å². The van der Waals surface area contributed by atoms with Crippen molar-refractivity contribution >= 4 is 0 Å².